The van der Waals surface area contributed by atoms with E-state index in [9.17, 15) is 14.0 Å². The molecular weight excluding hydrogens is 553 g/mol. The van der Waals surface area contributed by atoms with Crippen LogP contribution in [0.3, 0.4) is 0 Å². The second-order valence-corrected chi connectivity index (χ2v) is 13.0. The molecule has 1 N–H and O–H groups in total. The van der Waals surface area contributed by atoms with E-state index >= 15 is 0 Å². The van der Waals surface area contributed by atoms with E-state index in [0.717, 1.165) is 39.8 Å². The fraction of sp³-hybridized carbons (Fsp3) is 0.405. The van der Waals surface area contributed by atoms with Crippen LogP contribution in [-0.2, 0) is 29.1 Å². The highest BCUT2D eigenvalue weighted by molar-refractivity contribution is 5.85. The summed E-state index contributed by atoms with van der Waals surface area (Å²) in [5.41, 5.74) is 4.06. The average molecular weight is 600 g/mol. The van der Waals surface area contributed by atoms with Crippen molar-refractivity contribution in [3.05, 3.63) is 102 Å². The Morgan fingerprint density at radius 2 is 1.52 bits per heavy atom. The van der Waals surface area contributed by atoms with Crippen molar-refractivity contribution in [1.82, 2.24) is 14.8 Å². The number of carbonyl (C=O) groups is 2. The van der Waals surface area contributed by atoms with Crippen LogP contribution in [0.1, 0.15) is 64.2 Å². The Kier molecular flexibility index (Phi) is 11.2. The standard InChI is InChI=1S/C37H46FN3O3/c1-6-44-32-17-13-29(14-18-32)24-40(20-19-30-23-39-34-10-8-7-9-33(30)34)36(43)26-41(25-28-11-15-31(38)16-12-28)35(42)21-27(2)22-37(3,4)5/h7-18,23,27,39H,6,19-22,24-26H2,1-5H3. The van der Waals surface area contributed by atoms with Gasteiger partial charge in [-0.2, -0.15) is 0 Å². The van der Waals surface area contributed by atoms with E-state index in [2.05, 4.69) is 38.7 Å². The van der Waals surface area contributed by atoms with Crippen LogP contribution in [0.4, 0.5) is 4.39 Å². The lowest BCUT2D eigenvalue weighted by molar-refractivity contribution is -0.142. The van der Waals surface area contributed by atoms with Crippen LogP contribution >= 0.6 is 0 Å². The molecule has 0 saturated heterocycles. The smallest absolute Gasteiger partial charge is 0.242 e. The number of halogens is 1. The summed E-state index contributed by atoms with van der Waals surface area (Å²) < 4.78 is 19.3. The minimum Gasteiger partial charge on any atom is -0.494 e. The van der Waals surface area contributed by atoms with Crippen LogP contribution in [0.2, 0.25) is 0 Å². The van der Waals surface area contributed by atoms with Crippen LogP contribution < -0.4 is 4.74 Å². The Labute approximate surface area is 261 Å². The molecule has 0 radical (unpaired) electrons. The SMILES string of the molecule is CCOc1ccc(CN(CCc2c[nH]c3ccccc23)C(=O)CN(Cc2ccc(F)cc2)C(=O)CC(C)CC(C)(C)C)cc1. The number of rotatable bonds is 14. The molecule has 0 aliphatic rings. The number of carbonyl (C=O) groups excluding carboxylic acids is 2. The number of para-hydroxylation sites is 1. The largest absolute Gasteiger partial charge is 0.494 e. The van der Waals surface area contributed by atoms with Crippen LogP contribution in [-0.4, -0.2) is 46.3 Å². The highest BCUT2D eigenvalue weighted by atomic mass is 19.1. The van der Waals surface area contributed by atoms with Gasteiger partial charge in [0.25, 0.3) is 0 Å². The van der Waals surface area contributed by atoms with Gasteiger partial charge in [0.05, 0.1) is 6.61 Å². The molecule has 0 spiro atoms. The number of hydrogen-bond acceptors (Lipinski definition) is 3. The number of aromatic amines is 1. The van der Waals surface area contributed by atoms with Crippen LogP contribution in [0.25, 0.3) is 10.9 Å². The number of nitrogens with zero attached hydrogens (tertiary/aromatic N) is 2. The van der Waals surface area contributed by atoms with Crippen LogP contribution in [0, 0.1) is 17.2 Å². The van der Waals surface area contributed by atoms with Crippen molar-refractivity contribution >= 4 is 22.7 Å². The van der Waals surface area contributed by atoms with Crippen molar-refractivity contribution in [3.63, 3.8) is 0 Å². The fourth-order valence-corrected chi connectivity index (χ4v) is 5.81. The third-order valence-electron chi connectivity index (χ3n) is 7.74. The van der Waals surface area contributed by atoms with Gasteiger partial charge < -0.3 is 19.5 Å². The van der Waals surface area contributed by atoms with Gasteiger partial charge in [-0.15, -0.1) is 0 Å². The maximum atomic E-state index is 14.1. The van der Waals surface area contributed by atoms with E-state index < -0.39 is 0 Å². The number of benzene rings is 3. The lowest BCUT2D eigenvalue weighted by Gasteiger charge is -2.30. The second-order valence-electron chi connectivity index (χ2n) is 13.0. The molecule has 1 unspecified atom stereocenters. The number of ether oxygens (including phenoxy) is 1. The third-order valence-corrected chi connectivity index (χ3v) is 7.74. The van der Waals surface area contributed by atoms with Gasteiger partial charge in [0, 0.05) is 43.2 Å². The van der Waals surface area contributed by atoms with Gasteiger partial charge >= 0.3 is 0 Å². The first-order chi connectivity index (χ1) is 21.0. The average Bonchev–Trinajstić information content (AvgIpc) is 3.39. The molecule has 1 aromatic heterocycles. The monoisotopic (exact) mass is 599 g/mol. The van der Waals surface area contributed by atoms with Crippen molar-refractivity contribution in [1.29, 1.82) is 0 Å². The summed E-state index contributed by atoms with van der Waals surface area (Å²) in [6.45, 7) is 12.2. The van der Waals surface area contributed by atoms with E-state index in [0.29, 0.717) is 32.5 Å². The van der Waals surface area contributed by atoms with E-state index in [1.807, 2.05) is 60.5 Å². The molecule has 0 aliphatic carbocycles. The molecule has 6 nitrogen and oxygen atoms in total. The fourth-order valence-electron chi connectivity index (χ4n) is 5.81. The van der Waals surface area contributed by atoms with E-state index in [4.69, 9.17) is 4.74 Å². The molecule has 3 aromatic carbocycles. The van der Waals surface area contributed by atoms with Crippen LogP contribution in [0.5, 0.6) is 5.75 Å². The number of hydrogen-bond donors (Lipinski definition) is 1. The van der Waals surface area contributed by atoms with Gasteiger partial charge in [-0.1, -0.05) is 70.2 Å². The number of aromatic nitrogens is 1. The summed E-state index contributed by atoms with van der Waals surface area (Å²) in [6.07, 6.45) is 3.91. The topological polar surface area (TPSA) is 65.6 Å². The zero-order chi connectivity index (χ0) is 31.7. The van der Waals surface area contributed by atoms with Gasteiger partial charge in [-0.05, 0) is 78.1 Å². The lowest BCUT2D eigenvalue weighted by atomic mass is 9.84. The Hall–Kier alpha value is -4.13. The number of nitrogens with one attached hydrogen (secondary N) is 1. The summed E-state index contributed by atoms with van der Waals surface area (Å²) >= 11 is 0. The third kappa shape index (κ3) is 9.69. The van der Waals surface area contributed by atoms with Crippen molar-refractivity contribution in [2.24, 2.45) is 11.3 Å². The van der Waals surface area contributed by atoms with Gasteiger partial charge in [-0.3, -0.25) is 9.59 Å². The summed E-state index contributed by atoms with van der Waals surface area (Å²) in [4.78, 5) is 34.5. The molecule has 7 heteroatoms. The number of amides is 2. The molecule has 4 aromatic rings. The van der Waals surface area contributed by atoms with Crippen LogP contribution in [0.15, 0.2) is 79.0 Å². The molecule has 4 rings (SSSR count). The first-order valence-corrected chi connectivity index (χ1v) is 15.6. The Morgan fingerprint density at radius 3 is 2.18 bits per heavy atom. The highest BCUT2D eigenvalue weighted by Crippen LogP contribution is 2.27. The quantitative estimate of drug-likeness (QED) is 0.161. The van der Waals surface area contributed by atoms with E-state index in [1.54, 1.807) is 17.0 Å². The Bertz CT molecular complexity index is 1510. The van der Waals surface area contributed by atoms with Crippen molar-refractivity contribution in [2.75, 3.05) is 19.7 Å². The second kappa shape index (κ2) is 15.0. The van der Waals surface area contributed by atoms with Gasteiger partial charge in [0.1, 0.15) is 18.1 Å². The molecule has 0 bridgehead atoms. The minimum absolute atomic E-state index is 0.0522. The van der Waals surface area contributed by atoms with Crippen molar-refractivity contribution in [2.45, 2.75) is 67.0 Å². The van der Waals surface area contributed by atoms with Gasteiger partial charge in [0.15, 0.2) is 0 Å². The number of H-pyrrole nitrogens is 1. The van der Waals surface area contributed by atoms with E-state index in [-0.39, 0.29) is 42.1 Å². The molecular formula is C37H46FN3O3. The molecule has 44 heavy (non-hydrogen) atoms. The Morgan fingerprint density at radius 1 is 0.886 bits per heavy atom. The molecule has 2 amide bonds. The zero-order valence-corrected chi connectivity index (χ0v) is 26.7. The lowest BCUT2D eigenvalue weighted by Crippen LogP contribution is -2.43. The van der Waals surface area contributed by atoms with Gasteiger partial charge in [0.2, 0.25) is 11.8 Å². The summed E-state index contributed by atoms with van der Waals surface area (Å²) in [5, 5.41) is 1.14. The molecule has 1 heterocycles. The molecule has 1 atom stereocenters. The molecule has 0 aliphatic heterocycles. The Balaban J connectivity index is 1.55. The molecule has 0 fully saturated rings. The first kappa shape index (κ1) is 32.8. The predicted octanol–water partition coefficient (Wildman–Crippen LogP) is 7.77. The minimum atomic E-state index is -0.333. The van der Waals surface area contributed by atoms with Crippen molar-refractivity contribution < 1.29 is 18.7 Å². The van der Waals surface area contributed by atoms with E-state index in [1.165, 1.54) is 12.1 Å². The van der Waals surface area contributed by atoms with Gasteiger partial charge in [-0.25, -0.2) is 4.39 Å². The highest BCUT2D eigenvalue weighted by Gasteiger charge is 2.25. The first-order valence-electron chi connectivity index (χ1n) is 15.6. The summed E-state index contributed by atoms with van der Waals surface area (Å²) in [5.74, 6) is 0.415. The summed E-state index contributed by atoms with van der Waals surface area (Å²) in [7, 11) is 0. The zero-order valence-electron chi connectivity index (χ0n) is 26.7. The summed E-state index contributed by atoms with van der Waals surface area (Å²) in [6, 6.07) is 22.1. The molecule has 234 valence electrons. The predicted molar refractivity (Wildman–Crippen MR) is 175 cm³/mol. The maximum Gasteiger partial charge on any atom is 0.242 e. The van der Waals surface area contributed by atoms with Crippen molar-refractivity contribution in [3.8, 4) is 5.75 Å². The normalized spacial score (nSPS) is 12.2. The maximum absolute atomic E-state index is 14.1. The number of fused-ring (bicyclic) bond motifs is 1. The molecule has 0 saturated carbocycles.